The van der Waals surface area contributed by atoms with Gasteiger partial charge >= 0.3 is 10.4 Å². The van der Waals surface area contributed by atoms with Crippen molar-refractivity contribution in [1.29, 1.82) is 0 Å². The van der Waals surface area contributed by atoms with E-state index in [0.29, 0.717) is 0 Å². The standard InChI is InChI=1S/C5H8O6S/c6-1-3-5-4(2-9-3)10-12(7,8)11-5/h3-6H,1-2H2/t3-,4-,5-/m1/s1. The van der Waals surface area contributed by atoms with Gasteiger partial charge < -0.3 is 9.84 Å². The molecule has 2 aliphatic heterocycles. The summed E-state index contributed by atoms with van der Waals surface area (Å²) in [4.78, 5) is 0. The van der Waals surface area contributed by atoms with E-state index in [2.05, 4.69) is 8.37 Å². The summed E-state index contributed by atoms with van der Waals surface area (Å²) in [6.45, 7) is -0.116. The quantitative estimate of drug-likeness (QED) is 0.544. The second kappa shape index (κ2) is 2.64. The lowest BCUT2D eigenvalue weighted by atomic mass is 10.2. The summed E-state index contributed by atoms with van der Waals surface area (Å²) in [6.07, 6.45) is -1.86. The SMILES string of the molecule is O=S1(=O)O[C@@H]2[C@@H](CO)OC[C@H]2O1. The molecule has 7 heteroatoms. The van der Waals surface area contributed by atoms with E-state index in [0.717, 1.165) is 0 Å². The van der Waals surface area contributed by atoms with E-state index in [1.54, 1.807) is 0 Å². The molecule has 0 unspecified atom stereocenters. The lowest BCUT2D eigenvalue weighted by Crippen LogP contribution is -2.30. The number of hydrogen-bond acceptors (Lipinski definition) is 6. The summed E-state index contributed by atoms with van der Waals surface area (Å²) in [5.41, 5.74) is 0. The zero-order valence-corrected chi connectivity index (χ0v) is 6.86. The van der Waals surface area contributed by atoms with Crippen LogP contribution in [0.3, 0.4) is 0 Å². The van der Waals surface area contributed by atoms with Gasteiger partial charge in [-0.15, -0.1) is 0 Å². The van der Waals surface area contributed by atoms with Gasteiger partial charge in [0.25, 0.3) is 0 Å². The monoisotopic (exact) mass is 196 g/mol. The molecule has 0 aromatic rings. The highest BCUT2D eigenvalue weighted by molar-refractivity contribution is 7.82. The van der Waals surface area contributed by atoms with Crippen LogP contribution in [0.4, 0.5) is 0 Å². The molecule has 2 saturated heterocycles. The molecule has 3 atom stereocenters. The number of ether oxygens (including phenoxy) is 1. The predicted molar refractivity (Wildman–Crippen MR) is 35.5 cm³/mol. The summed E-state index contributed by atoms with van der Waals surface area (Å²) in [5, 5.41) is 8.73. The van der Waals surface area contributed by atoms with Crippen LogP contribution in [-0.4, -0.2) is 45.0 Å². The Morgan fingerprint density at radius 1 is 1.42 bits per heavy atom. The summed E-state index contributed by atoms with van der Waals surface area (Å²) in [7, 11) is -3.84. The number of rotatable bonds is 1. The molecule has 0 aliphatic carbocycles. The van der Waals surface area contributed by atoms with Crippen LogP contribution in [0.25, 0.3) is 0 Å². The molecular formula is C5H8O6S. The van der Waals surface area contributed by atoms with Gasteiger partial charge in [-0.2, -0.15) is 8.42 Å². The minimum atomic E-state index is -3.84. The van der Waals surface area contributed by atoms with Crippen LogP contribution in [0.15, 0.2) is 0 Å². The van der Waals surface area contributed by atoms with Crippen LogP contribution >= 0.6 is 0 Å². The smallest absolute Gasteiger partial charge is 0.394 e. The number of aliphatic hydroxyl groups is 1. The third kappa shape index (κ3) is 1.23. The van der Waals surface area contributed by atoms with Crippen molar-refractivity contribution in [2.75, 3.05) is 13.2 Å². The molecule has 0 aromatic heterocycles. The summed E-state index contributed by atoms with van der Waals surface area (Å²) in [6, 6.07) is 0. The Labute approximate surface area is 69.4 Å². The molecule has 0 radical (unpaired) electrons. The predicted octanol–water partition coefficient (Wildman–Crippen LogP) is -1.59. The fraction of sp³-hybridized carbons (Fsp3) is 1.00. The second-order valence-corrected chi connectivity index (χ2v) is 3.86. The fourth-order valence-corrected chi connectivity index (χ4v) is 2.35. The van der Waals surface area contributed by atoms with Gasteiger partial charge in [0.15, 0.2) is 0 Å². The Morgan fingerprint density at radius 3 is 2.83 bits per heavy atom. The molecule has 2 fully saturated rings. The first-order chi connectivity index (χ1) is 5.62. The maximum Gasteiger partial charge on any atom is 0.400 e. The van der Waals surface area contributed by atoms with Crippen LogP contribution in [-0.2, 0) is 23.5 Å². The Balaban J connectivity index is 2.16. The van der Waals surface area contributed by atoms with Gasteiger partial charge in [-0.1, -0.05) is 0 Å². The first-order valence-corrected chi connectivity index (χ1v) is 4.80. The Hall–Kier alpha value is -0.210. The van der Waals surface area contributed by atoms with Crippen molar-refractivity contribution in [2.24, 2.45) is 0 Å². The van der Waals surface area contributed by atoms with E-state index in [1.165, 1.54) is 0 Å². The Morgan fingerprint density at radius 2 is 2.17 bits per heavy atom. The van der Waals surface area contributed by atoms with E-state index in [1.807, 2.05) is 0 Å². The highest BCUT2D eigenvalue weighted by Gasteiger charge is 2.49. The van der Waals surface area contributed by atoms with Crippen molar-refractivity contribution in [3.63, 3.8) is 0 Å². The van der Waals surface area contributed by atoms with Crippen molar-refractivity contribution in [3.8, 4) is 0 Å². The summed E-state index contributed by atoms with van der Waals surface area (Å²) >= 11 is 0. The highest BCUT2D eigenvalue weighted by atomic mass is 32.3. The summed E-state index contributed by atoms with van der Waals surface area (Å²) < 4.78 is 35.5. The van der Waals surface area contributed by atoms with Crippen molar-refractivity contribution in [1.82, 2.24) is 0 Å². The molecule has 0 spiro atoms. The molecule has 12 heavy (non-hydrogen) atoms. The molecule has 2 aliphatic rings. The molecule has 1 N–H and O–H groups in total. The zero-order chi connectivity index (χ0) is 8.77. The molecule has 6 nitrogen and oxygen atoms in total. The van der Waals surface area contributed by atoms with Gasteiger partial charge in [-0.25, -0.2) is 8.37 Å². The minimum absolute atomic E-state index is 0.148. The van der Waals surface area contributed by atoms with Crippen molar-refractivity contribution >= 4 is 10.4 Å². The second-order valence-electron chi connectivity index (χ2n) is 2.66. The van der Waals surface area contributed by atoms with Gasteiger partial charge in [0.1, 0.15) is 18.3 Å². The number of hydrogen-bond donors (Lipinski definition) is 1. The van der Waals surface area contributed by atoms with Gasteiger partial charge in [0.2, 0.25) is 0 Å². The molecule has 0 aromatic carbocycles. The molecular weight excluding hydrogens is 188 g/mol. The van der Waals surface area contributed by atoms with Crippen LogP contribution in [0.5, 0.6) is 0 Å². The average Bonchev–Trinajstić information content (AvgIpc) is 2.42. The average molecular weight is 196 g/mol. The van der Waals surface area contributed by atoms with E-state index in [9.17, 15) is 8.42 Å². The molecule has 0 saturated carbocycles. The summed E-state index contributed by atoms with van der Waals surface area (Å²) in [5.74, 6) is 0. The van der Waals surface area contributed by atoms with Crippen LogP contribution < -0.4 is 0 Å². The zero-order valence-electron chi connectivity index (χ0n) is 6.04. The molecule has 2 heterocycles. The van der Waals surface area contributed by atoms with Gasteiger partial charge in [-0.05, 0) is 0 Å². The van der Waals surface area contributed by atoms with E-state index < -0.39 is 28.7 Å². The van der Waals surface area contributed by atoms with Gasteiger partial charge in [0.05, 0.1) is 13.2 Å². The van der Waals surface area contributed by atoms with Crippen LogP contribution in [0.2, 0.25) is 0 Å². The Kier molecular flexibility index (Phi) is 1.85. The third-order valence-corrected chi connectivity index (χ3v) is 2.80. The van der Waals surface area contributed by atoms with E-state index in [-0.39, 0.29) is 13.2 Å². The number of fused-ring (bicyclic) bond motifs is 1. The van der Waals surface area contributed by atoms with Crippen molar-refractivity contribution in [3.05, 3.63) is 0 Å². The molecule has 0 bridgehead atoms. The molecule has 0 amide bonds. The molecule has 70 valence electrons. The maximum absolute atomic E-state index is 10.7. The minimum Gasteiger partial charge on any atom is -0.394 e. The Bertz CT molecular complexity index is 272. The van der Waals surface area contributed by atoms with Crippen LogP contribution in [0, 0.1) is 0 Å². The maximum atomic E-state index is 10.7. The van der Waals surface area contributed by atoms with Gasteiger partial charge in [-0.3, -0.25) is 0 Å². The normalized spacial score (nSPS) is 44.6. The topological polar surface area (TPSA) is 82.1 Å². The van der Waals surface area contributed by atoms with Crippen molar-refractivity contribution < 1.29 is 26.6 Å². The lowest BCUT2D eigenvalue weighted by molar-refractivity contribution is 0.0148. The third-order valence-electron chi connectivity index (χ3n) is 1.86. The number of aliphatic hydroxyl groups excluding tert-OH is 1. The first-order valence-electron chi connectivity index (χ1n) is 3.46. The van der Waals surface area contributed by atoms with E-state index >= 15 is 0 Å². The van der Waals surface area contributed by atoms with Gasteiger partial charge in [0, 0.05) is 0 Å². The fourth-order valence-electron chi connectivity index (χ4n) is 1.32. The lowest BCUT2D eigenvalue weighted by Gasteiger charge is -2.09. The van der Waals surface area contributed by atoms with E-state index in [4.69, 9.17) is 9.84 Å². The largest absolute Gasteiger partial charge is 0.400 e. The van der Waals surface area contributed by atoms with Crippen LogP contribution in [0.1, 0.15) is 0 Å². The highest BCUT2D eigenvalue weighted by Crippen LogP contribution is 2.29. The molecule has 2 rings (SSSR count). The van der Waals surface area contributed by atoms with Crippen molar-refractivity contribution in [2.45, 2.75) is 18.3 Å². The first kappa shape index (κ1) is 8.39.